The SMILES string of the molecule is CC(CNC(=O)C1CC(=O)N(c2ccc(Cl)c(F)c2)C1)C(=O)O. The van der Waals surface area contributed by atoms with Crippen molar-refractivity contribution in [3.63, 3.8) is 0 Å². The van der Waals surface area contributed by atoms with Gasteiger partial charge in [0.05, 0.1) is 16.9 Å². The minimum atomic E-state index is -1.01. The van der Waals surface area contributed by atoms with E-state index in [-0.39, 0.29) is 36.3 Å². The van der Waals surface area contributed by atoms with Crippen LogP contribution >= 0.6 is 11.6 Å². The highest BCUT2D eigenvalue weighted by molar-refractivity contribution is 6.30. The van der Waals surface area contributed by atoms with Gasteiger partial charge in [0.15, 0.2) is 0 Å². The number of anilines is 1. The van der Waals surface area contributed by atoms with Crippen LogP contribution in [0.5, 0.6) is 0 Å². The number of carbonyl (C=O) groups is 3. The molecule has 1 aromatic carbocycles. The zero-order valence-electron chi connectivity index (χ0n) is 12.4. The smallest absolute Gasteiger partial charge is 0.308 e. The molecule has 0 aliphatic carbocycles. The summed E-state index contributed by atoms with van der Waals surface area (Å²) in [6, 6.07) is 4.00. The highest BCUT2D eigenvalue weighted by Crippen LogP contribution is 2.28. The third-order valence-electron chi connectivity index (χ3n) is 3.71. The van der Waals surface area contributed by atoms with E-state index >= 15 is 0 Å². The molecule has 0 bridgehead atoms. The van der Waals surface area contributed by atoms with Gasteiger partial charge in [-0.2, -0.15) is 0 Å². The molecule has 0 aromatic heterocycles. The summed E-state index contributed by atoms with van der Waals surface area (Å²) in [6.45, 7) is 1.59. The quantitative estimate of drug-likeness (QED) is 0.852. The molecule has 1 saturated heterocycles. The summed E-state index contributed by atoms with van der Waals surface area (Å²) in [5.74, 6) is -3.63. The Kier molecular flexibility index (Phi) is 5.20. The first kappa shape index (κ1) is 17.2. The van der Waals surface area contributed by atoms with Crippen LogP contribution in [0, 0.1) is 17.7 Å². The van der Waals surface area contributed by atoms with Crippen LogP contribution < -0.4 is 10.2 Å². The second-order valence-corrected chi connectivity index (χ2v) is 5.90. The Morgan fingerprint density at radius 2 is 2.22 bits per heavy atom. The van der Waals surface area contributed by atoms with E-state index in [0.717, 1.165) is 6.07 Å². The number of aliphatic carboxylic acids is 1. The van der Waals surface area contributed by atoms with Crippen molar-refractivity contribution < 1.29 is 23.9 Å². The van der Waals surface area contributed by atoms with Crippen molar-refractivity contribution in [2.75, 3.05) is 18.0 Å². The number of carboxylic acids is 1. The maximum Gasteiger partial charge on any atom is 0.308 e. The van der Waals surface area contributed by atoms with Gasteiger partial charge in [0, 0.05) is 25.2 Å². The van der Waals surface area contributed by atoms with Crippen molar-refractivity contribution >= 4 is 35.1 Å². The summed E-state index contributed by atoms with van der Waals surface area (Å²) in [5, 5.41) is 11.3. The highest BCUT2D eigenvalue weighted by atomic mass is 35.5. The summed E-state index contributed by atoms with van der Waals surface area (Å²) in [6.07, 6.45) is -0.00245. The van der Waals surface area contributed by atoms with Gasteiger partial charge in [-0.05, 0) is 18.2 Å². The van der Waals surface area contributed by atoms with Crippen molar-refractivity contribution in [2.24, 2.45) is 11.8 Å². The molecule has 2 amide bonds. The monoisotopic (exact) mass is 342 g/mol. The fraction of sp³-hybridized carbons (Fsp3) is 0.400. The largest absolute Gasteiger partial charge is 0.481 e. The van der Waals surface area contributed by atoms with Crippen LogP contribution in [0.25, 0.3) is 0 Å². The fourth-order valence-electron chi connectivity index (χ4n) is 2.27. The molecular formula is C15H16ClFN2O4. The maximum absolute atomic E-state index is 13.5. The number of nitrogens with one attached hydrogen (secondary N) is 1. The number of amides is 2. The van der Waals surface area contributed by atoms with Crippen molar-refractivity contribution in [3.8, 4) is 0 Å². The number of rotatable bonds is 5. The first-order valence-corrected chi connectivity index (χ1v) is 7.43. The maximum atomic E-state index is 13.5. The van der Waals surface area contributed by atoms with Crippen molar-refractivity contribution in [3.05, 3.63) is 29.0 Å². The Morgan fingerprint density at radius 1 is 1.52 bits per heavy atom. The Labute approximate surface area is 137 Å². The predicted octanol–water partition coefficient (Wildman–Crippen LogP) is 1.67. The molecule has 1 aliphatic rings. The van der Waals surface area contributed by atoms with Crippen LogP contribution in [0.3, 0.4) is 0 Å². The van der Waals surface area contributed by atoms with Gasteiger partial charge in [-0.15, -0.1) is 0 Å². The summed E-state index contributed by atoms with van der Waals surface area (Å²) in [7, 11) is 0. The van der Waals surface area contributed by atoms with E-state index in [4.69, 9.17) is 16.7 Å². The third kappa shape index (κ3) is 3.98. The van der Waals surface area contributed by atoms with Crippen molar-refractivity contribution in [1.29, 1.82) is 0 Å². The van der Waals surface area contributed by atoms with Gasteiger partial charge >= 0.3 is 5.97 Å². The van der Waals surface area contributed by atoms with Crippen molar-refractivity contribution in [1.82, 2.24) is 5.32 Å². The van der Waals surface area contributed by atoms with Gasteiger partial charge < -0.3 is 15.3 Å². The van der Waals surface area contributed by atoms with Gasteiger partial charge in [0.25, 0.3) is 0 Å². The van der Waals surface area contributed by atoms with Crippen LogP contribution in [0.4, 0.5) is 10.1 Å². The Bertz CT molecular complexity index is 652. The topological polar surface area (TPSA) is 86.7 Å². The lowest BCUT2D eigenvalue weighted by atomic mass is 10.1. The lowest BCUT2D eigenvalue weighted by molar-refractivity contribution is -0.141. The molecule has 2 N–H and O–H groups in total. The second kappa shape index (κ2) is 6.95. The zero-order valence-corrected chi connectivity index (χ0v) is 13.1. The minimum Gasteiger partial charge on any atom is -0.481 e. The van der Waals surface area contributed by atoms with Crippen LogP contribution in [0.2, 0.25) is 5.02 Å². The zero-order chi connectivity index (χ0) is 17.1. The van der Waals surface area contributed by atoms with Gasteiger partial charge in [-0.3, -0.25) is 14.4 Å². The molecule has 0 saturated carbocycles. The van der Waals surface area contributed by atoms with Gasteiger partial charge in [0.2, 0.25) is 11.8 Å². The molecule has 1 aromatic rings. The molecule has 2 rings (SSSR count). The molecule has 1 aliphatic heterocycles. The van der Waals surface area contributed by atoms with Crippen LogP contribution in [-0.4, -0.2) is 36.0 Å². The van der Waals surface area contributed by atoms with E-state index in [9.17, 15) is 18.8 Å². The molecule has 1 heterocycles. The Hall–Kier alpha value is -2.15. The molecule has 8 heteroatoms. The molecule has 2 atom stereocenters. The molecule has 2 unspecified atom stereocenters. The number of benzene rings is 1. The van der Waals surface area contributed by atoms with Crippen LogP contribution in [0.15, 0.2) is 18.2 Å². The molecule has 124 valence electrons. The molecule has 1 fully saturated rings. The van der Waals surface area contributed by atoms with Crippen LogP contribution in [-0.2, 0) is 14.4 Å². The van der Waals surface area contributed by atoms with E-state index in [1.807, 2.05) is 0 Å². The molecule has 23 heavy (non-hydrogen) atoms. The lowest BCUT2D eigenvalue weighted by Crippen LogP contribution is -2.37. The minimum absolute atomic E-state index is 0.00245. The Balaban J connectivity index is 2.00. The second-order valence-electron chi connectivity index (χ2n) is 5.49. The molecule has 6 nitrogen and oxygen atoms in total. The number of hydrogen-bond donors (Lipinski definition) is 2. The first-order valence-electron chi connectivity index (χ1n) is 7.05. The average molecular weight is 343 g/mol. The normalized spacial score (nSPS) is 18.8. The third-order valence-corrected chi connectivity index (χ3v) is 4.02. The number of hydrogen-bond acceptors (Lipinski definition) is 3. The van der Waals surface area contributed by atoms with E-state index < -0.39 is 23.6 Å². The van der Waals surface area contributed by atoms with E-state index in [1.165, 1.54) is 24.0 Å². The molecular weight excluding hydrogens is 327 g/mol. The molecule has 0 radical (unpaired) electrons. The standard InChI is InChI=1S/C15H16ClFN2O4/c1-8(15(22)23)6-18-14(21)9-4-13(20)19(7-9)10-2-3-11(16)12(17)5-10/h2-3,5,8-9H,4,6-7H2,1H3,(H,18,21)(H,22,23). The van der Waals surface area contributed by atoms with E-state index in [2.05, 4.69) is 5.32 Å². The van der Waals surface area contributed by atoms with Gasteiger partial charge in [-0.25, -0.2) is 4.39 Å². The lowest BCUT2D eigenvalue weighted by Gasteiger charge is -2.17. The number of nitrogens with zero attached hydrogens (tertiary/aromatic N) is 1. The summed E-state index contributed by atoms with van der Waals surface area (Å²) < 4.78 is 13.5. The summed E-state index contributed by atoms with van der Waals surface area (Å²) in [4.78, 5) is 36.1. The highest BCUT2D eigenvalue weighted by Gasteiger charge is 2.35. The average Bonchev–Trinajstić information content (AvgIpc) is 2.89. The predicted molar refractivity (Wildman–Crippen MR) is 81.7 cm³/mol. The summed E-state index contributed by atoms with van der Waals surface area (Å²) in [5.41, 5.74) is 0.339. The fourth-order valence-corrected chi connectivity index (χ4v) is 2.39. The number of carbonyl (C=O) groups excluding carboxylic acids is 2. The van der Waals surface area contributed by atoms with Gasteiger partial charge in [-0.1, -0.05) is 18.5 Å². The van der Waals surface area contributed by atoms with E-state index in [0.29, 0.717) is 5.69 Å². The van der Waals surface area contributed by atoms with E-state index in [1.54, 1.807) is 0 Å². The number of halogens is 2. The first-order chi connectivity index (χ1) is 10.8. The van der Waals surface area contributed by atoms with Crippen molar-refractivity contribution in [2.45, 2.75) is 13.3 Å². The number of carboxylic acid groups (broad SMARTS) is 1. The van der Waals surface area contributed by atoms with Gasteiger partial charge in [0.1, 0.15) is 5.82 Å². The Morgan fingerprint density at radius 3 is 2.83 bits per heavy atom. The summed E-state index contributed by atoms with van der Waals surface area (Å²) >= 11 is 5.61. The van der Waals surface area contributed by atoms with Crippen LogP contribution in [0.1, 0.15) is 13.3 Å². The molecule has 0 spiro atoms.